The van der Waals surface area contributed by atoms with E-state index in [1.54, 1.807) is 41.7 Å². The summed E-state index contributed by atoms with van der Waals surface area (Å²) in [4.78, 5) is 45.1. The van der Waals surface area contributed by atoms with Crippen LogP contribution in [0.25, 0.3) is 21.6 Å². The van der Waals surface area contributed by atoms with E-state index in [2.05, 4.69) is 21.7 Å². The Morgan fingerprint density at radius 1 is 1.05 bits per heavy atom. The Labute approximate surface area is 251 Å². The van der Waals surface area contributed by atoms with Crippen molar-refractivity contribution in [3.8, 4) is 27.3 Å². The molecular weight excluding hydrogens is 568 g/mol. The van der Waals surface area contributed by atoms with E-state index in [0.717, 1.165) is 21.6 Å². The van der Waals surface area contributed by atoms with Crippen LogP contribution < -0.4 is 21.1 Å². The third kappa shape index (κ3) is 5.87. The second-order valence-corrected chi connectivity index (χ2v) is 11.5. The number of carbonyl (C=O) groups is 3. The van der Waals surface area contributed by atoms with Crippen LogP contribution in [0.3, 0.4) is 0 Å². The largest absolute Gasteiger partial charge is 0.493 e. The highest BCUT2D eigenvalue weighted by atomic mass is 32.1. The lowest BCUT2D eigenvalue weighted by Crippen LogP contribution is -2.34. The van der Waals surface area contributed by atoms with Gasteiger partial charge in [-0.25, -0.2) is 9.78 Å². The van der Waals surface area contributed by atoms with Crippen molar-refractivity contribution in [2.75, 3.05) is 25.6 Å². The number of aromatic nitrogens is 1. The molecular formula is C32H30N4O6S. The van der Waals surface area contributed by atoms with Crippen molar-refractivity contribution in [1.82, 2.24) is 10.3 Å². The molecule has 3 heterocycles. The minimum Gasteiger partial charge on any atom is -0.493 e. The third-order valence-corrected chi connectivity index (χ3v) is 8.62. The van der Waals surface area contributed by atoms with E-state index >= 15 is 0 Å². The number of pyridine rings is 1. The van der Waals surface area contributed by atoms with Crippen LogP contribution in [0, 0.1) is 0 Å². The van der Waals surface area contributed by atoms with Gasteiger partial charge in [-0.3, -0.25) is 9.59 Å². The normalized spacial score (nSPS) is 14.4. The van der Waals surface area contributed by atoms with Gasteiger partial charge in [0.25, 0.3) is 11.8 Å². The van der Waals surface area contributed by atoms with Crippen molar-refractivity contribution in [3.63, 3.8) is 0 Å². The van der Waals surface area contributed by atoms with Gasteiger partial charge in [0.15, 0.2) is 5.69 Å². The van der Waals surface area contributed by atoms with Crippen molar-refractivity contribution in [3.05, 3.63) is 88.1 Å². The average Bonchev–Trinajstić information content (AvgIpc) is 3.64. The number of fused-ring (bicyclic) bond motifs is 3. The molecule has 4 aromatic rings. The molecule has 0 unspecified atom stereocenters. The number of esters is 1. The first-order valence-corrected chi connectivity index (χ1v) is 14.7. The zero-order valence-corrected chi connectivity index (χ0v) is 24.3. The van der Waals surface area contributed by atoms with E-state index in [0.29, 0.717) is 55.0 Å². The first-order chi connectivity index (χ1) is 20.8. The van der Waals surface area contributed by atoms with Crippen LogP contribution in [0.5, 0.6) is 5.75 Å². The average molecular weight is 599 g/mol. The number of nitrogens with two attached hydrogens (primary N) is 1. The zero-order valence-electron chi connectivity index (χ0n) is 23.4. The molecule has 1 aliphatic heterocycles. The molecule has 11 heteroatoms. The van der Waals surface area contributed by atoms with Gasteiger partial charge in [0.1, 0.15) is 11.4 Å². The van der Waals surface area contributed by atoms with Crippen LogP contribution in [-0.2, 0) is 17.7 Å². The fraction of sp³-hybridized carbons (Fsp3) is 0.250. The number of nitrogens with zero attached hydrogens (tertiary/aromatic N) is 1. The molecule has 2 aromatic heterocycles. The standard InChI is InChI=1S/C32H30N4O6S/c1-41-31(39)27-21(6-7-25(36-27)30(38)34-17-32(40)10-11-32)22-15-26-24(28-19(8-12-42-26)9-13-43-28)14-23(22)29(37)35-20-4-2-18(16-33)3-5-20/h2-7,9,13-15,40H,8,10-12,16-17,33H2,1H3,(H,34,38)(H,35,37). The number of methoxy groups -OCH3 is 1. The molecule has 1 saturated carbocycles. The van der Waals surface area contributed by atoms with Gasteiger partial charge in [0, 0.05) is 52.3 Å². The van der Waals surface area contributed by atoms with Crippen LogP contribution in [-0.4, -0.2) is 53.7 Å². The number of amides is 2. The Balaban J connectivity index is 1.45. The summed E-state index contributed by atoms with van der Waals surface area (Å²) < 4.78 is 11.2. The highest BCUT2D eigenvalue weighted by Crippen LogP contribution is 2.43. The van der Waals surface area contributed by atoms with Crippen molar-refractivity contribution >= 4 is 34.8 Å². The topological polar surface area (TPSA) is 153 Å². The van der Waals surface area contributed by atoms with Crippen LogP contribution >= 0.6 is 11.3 Å². The van der Waals surface area contributed by atoms with Crippen LogP contribution in [0.15, 0.2) is 60.0 Å². The summed E-state index contributed by atoms with van der Waals surface area (Å²) in [5, 5.41) is 17.7. The Morgan fingerprint density at radius 2 is 1.84 bits per heavy atom. The van der Waals surface area contributed by atoms with Gasteiger partial charge in [0.05, 0.1) is 19.3 Å². The zero-order chi connectivity index (χ0) is 30.1. The number of ether oxygens (including phenoxy) is 2. The molecule has 43 heavy (non-hydrogen) atoms. The summed E-state index contributed by atoms with van der Waals surface area (Å²) in [5.41, 5.74) is 9.06. The number of nitrogens with one attached hydrogen (secondary N) is 2. The van der Waals surface area contributed by atoms with Gasteiger partial charge in [-0.15, -0.1) is 11.3 Å². The Bertz CT molecular complexity index is 1730. The number of anilines is 1. The van der Waals surface area contributed by atoms with Gasteiger partial charge in [0.2, 0.25) is 0 Å². The molecule has 1 fully saturated rings. The predicted octanol–water partition coefficient (Wildman–Crippen LogP) is 4.16. The number of carbonyl (C=O) groups excluding carboxylic acids is 3. The first kappa shape index (κ1) is 28.5. The molecule has 10 nitrogen and oxygen atoms in total. The fourth-order valence-electron chi connectivity index (χ4n) is 4.96. The summed E-state index contributed by atoms with van der Waals surface area (Å²) in [7, 11) is 1.22. The lowest BCUT2D eigenvalue weighted by molar-refractivity contribution is 0.0594. The first-order valence-electron chi connectivity index (χ1n) is 13.9. The molecule has 1 aliphatic carbocycles. The van der Waals surface area contributed by atoms with Crippen molar-refractivity contribution in [1.29, 1.82) is 0 Å². The number of rotatable bonds is 8. The molecule has 0 saturated heterocycles. The molecule has 2 amide bonds. The summed E-state index contributed by atoms with van der Waals surface area (Å²) in [5.74, 6) is -1.15. The molecule has 0 spiro atoms. The van der Waals surface area contributed by atoms with E-state index < -0.39 is 23.4 Å². The summed E-state index contributed by atoms with van der Waals surface area (Å²) in [6.45, 7) is 0.916. The quantitative estimate of drug-likeness (QED) is 0.221. The van der Waals surface area contributed by atoms with E-state index in [1.807, 2.05) is 17.5 Å². The molecule has 0 bridgehead atoms. The minimum absolute atomic E-state index is 0.0198. The molecule has 6 rings (SSSR count). The van der Waals surface area contributed by atoms with Gasteiger partial charge >= 0.3 is 5.97 Å². The fourth-order valence-corrected chi connectivity index (χ4v) is 5.94. The lowest BCUT2D eigenvalue weighted by Gasteiger charge is -2.17. The van der Waals surface area contributed by atoms with Crippen LogP contribution in [0.4, 0.5) is 5.69 Å². The number of hydrogen-bond donors (Lipinski definition) is 4. The second kappa shape index (κ2) is 11.6. The highest BCUT2D eigenvalue weighted by Gasteiger charge is 2.40. The smallest absolute Gasteiger partial charge is 0.357 e. The Hall–Kier alpha value is -4.58. The highest BCUT2D eigenvalue weighted by molar-refractivity contribution is 7.13. The van der Waals surface area contributed by atoms with Gasteiger partial charge in [-0.1, -0.05) is 12.1 Å². The van der Waals surface area contributed by atoms with Gasteiger partial charge in [-0.05, 0) is 71.8 Å². The number of thiophene rings is 1. The number of aliphatic hydroxyl groups is 1. The van der Waals surface area contributed by atoms with Crippen molar-refractivity contribution in [2.45, 2.75) is 31.4 Å². The predicted molar refractivity (Wildman–Crippen MR) is 162 cm³/mol. The van der Waals surface area contributed by atoms with Crippen LogP contribution in [0.1, 0.15) is 55.3 Å². The summed E-state index contributed by atoms with van der Waals surface area (Å²) in [6.07, 6.45) is 1.94. The molecule has 0 atom stereocenters. The third-order valence-electron chi connectivity index (χ3n) is 7.63. The van der Waals surface area contributed by atoms with E-state index in [1.165, 1.54) is 13.2 Å². The van der Waals surface area contributed by atoms with Gasteiger partial charge in [-0.2, -0.15) is 0 Å². The van der Waals surface area contributed by atoms with Crippen molar-refractivity contribution in [2.24, 2.45) is 5.73 Å². The van der Waals surface area contributed by atoms with Gasteiger partial charge < -0.3 is 30.9 Å². The molecule has 2 aromatic carbocycles. The molecule has 220 valence electrons. The monoisotopic (exact) mass is 598 g/mol. The Morgan fingerprint density at radius 3 is 2.56 bits per heavy atom. The maximum Gasteiger partial charge on any atom is 0.357 e. The number of benzene rings is 2. The molecule has 5 N–H and O–H groups in total. The number of hydrogen-bond acceptors (Lipinski definition) is 9. The summed E-state index contributed by atoms with van der Waals surface area (Å²) in [6, 6.07) is 15.8. The lowest BCUT2D eigenvalue weighted by atomic mass is 9.93. The van der Waals surface area contributed by atoms with Crippen molar-refractivity contribution < 1.29 is 29.0 Å². The summed E-state index contributed by atoms with van der Waals surface area (Å²) >= 11 is 1.57. The van der Waals surface area contributed by atoms with Crippen LogP contribution in [0.2, 0.25) is 0 Å². The maximum absolute atomic E-state index is 13.9. The SMILES string of the molecule is COC(=O)c1nc(C(=O)NCC2(O)CC2)ccc1-c1cc2c(cc1C(=O)Nc1ccc(CN)cc1)-c1sccc1CCO2. The Kier molecular flexibility index (Phi) is 7.70. The second-order valence-electron chi connectivity index (χ2n) is 10.6. The van der Waals surface area contributed by atoms with E-state index in [4.69, 9.17) is 15.2 Å². The van der Waals surface area contributed by atoms with E-state index in [-0.39, 0.29) is 23.5 Å². The maximum atomic E-state index is 13.9. The minimum atomic E-state index is -0.891. The molecule has 0 radical (unpaired) electrons. The molecule has 2 aliphatic rings. The van der Waals surface area contributed by atoms with E-state index in [9.17, 15) is 19.5 Å².